The zero-order valence-corrected chi connectivity index (χ0v) is 16.3. The highest BCUT2D eigenvalue weighted by atomic mass is 16.6. The number of nitro groups is 2. The standard InChI is InChI=1S/C19H20N4O8/c24-18(12-30-16-8-3-1-6-14(16)22(26)27)20-10-5-11-21-19(25)13-31-17-9-4-2-7-15(17)23(28)29/h1-4,6-9H,5,10-13H2,(H,20,24)(H,21,25). The smallest absolute Gasteiger partial charge is 0.310 e. The van der Waals surface area contributed by atoms with Crippen molar-refractivity contribution in [3.63, 3.8) is 0 Å². The van der Waals surface area contributed by atoms with Gasteiger partial charge in [-0.1, -0.05) is 24.3 Å². The van der Waals surface area contributed by atoms with Gasteiger partial charge in [0, 0.05) is 25.2 Å². The molecule has 0 saturated carbocycles. The number of carbonyl (C=O) groups is 2. The van der Waals surface area contributed by atoms with Gasteiger partial charge in [0.25, 0.3) is 11.8 Å². The van der Waals surface area contributed by atoms with Crippen LogP contribution >= 0.6 is 0 Å². The summed E-state index contributed by atoms with van der Waals surface area (Å²) in [5.74, 6) is -0.949. The Labute approximate surface area is 176 Å². The molecular formula is C19H20N4O8. The molecule has 0 aliphatic heterocycles. The minimum Gasteiger partial charge on any atom is -0.477 e. The number of hydrogen-bond acceptors (Lipinski definition) is 8. The number of benzene rings is 2. The molecule has 0 aliphatic rings. The van der Waals surface area contributed by atoms with Crippen molar-refractivity contribution < 1.29 is 28.9 Å². The van der Waals surface area contributed by atoms with Crippen LogP contribution in [0.1, 0.15) is 6.42 Å². The van der Waals surface area contributed by atoms with Crippen molar-refractivity contribution in [1.29, 1.82) is 0 Å². The van der Waals surface area contributed by atoms with Crippen LogP contribution in [-0.4, -0.2) is 48.0 Å². The number of carbonyl (C=O) groups excluding carboxylic acids is 2. The molecule has 0 aliphatic carbocycles. The average molecular weight is 432 g/mol. The first kappa shape index (κ1) is 23.1. The molecule has 2 aromatic carbocycles. The third-order valence-corrected chi connectivity index (χ3v) is 3.84. The second kappa shape index (κ2) is 11.7. The van der Waals surface area contributed by atoms with E-state index in [1.165, 1.54) is 36.4 Å². The van der Waals surface area contributed by atoms with E-state index in [0.717, 1.165) is 0 Å². The summed E-state index contributed by atoms with van der Waals surface area (Å²) in [4.78, 5) is 44.1. The van der Waals surface area contributed by atoms with Gasteiger partial charge in [-0.3, -0.25) is 29.8 Å². The van der Waals surface area contributed by atoms with Crippen LogP contribution in [0.3, 0.4) is 0 Å². The fraction of sp³-hybridized carbons (Fsp3) is 0.263. The molecular weight excluding hydrogens is 412 g/mol. The molecule has 0 aromatic heterocycles. The molecule has 0 radical (unpaired) electrons. The average Bonchev–Trinajstić information content (AvgIpc) is 2.76. The van der Waals surface area contributed by atoms with Crippen molar-refractivity contribution in [1.82, 2.24) is 10.6 Å². The molecule has 0 atom stereocenters. The number of para-hydroxylation sites is 4. The molecule has 12 heteroatoms. The van der Waals surface area contributed by atoms with Gasteiger partial charge < -0.3 is 20.1 Å². The number of hydrogen-bond donors (Lipinski definition) is 2. The Bertz CT molecular complexity index is 875. The summed E-state index contributed by atoms with van der Waals surface area (Å²) >= 11 is 0. The molecule has 0 bridgehead atoms. The normalized spacial score (nSPS) is 10.1. The highest BCUT2D eigenvalue weighted by Gasteiger charge is 2.16. The fourth-order valence-corrected chi connectivity index (χ4v) is 2.39. The number of nitrogens with one attached hydrogen (secondary N) is 2. The van der Waals surface area contributed by atoms with Crippen LogP contribution in [0, 0.1) is 20.2 Å². The first-order valence-corrected chi connectivity index (χ1v) is 9.14. The number of ether oxygens (including phenoxy) is 2. The highest BCUT2D eigenvalue weighted by Crippen LogP contribution is 2.26. The summed E-state index contributed by atoms with van der Waals surface area (Å²) < 4.78 is 10.3. The largest absolute Gasteiger partial charge is 0.477 e. The van der Waals surface area contributed by atoms with Crippen LogP contribution in [0.4, 0.5) is 11.4 Å². The topological polar surface area (TPSA) is 163 Å². The Morgan fingerprint density at radius 2 is 1.13 bits per heavy atom. The van der Waals surface area contributed by atoms with Crippen molar-refractivity contribution >= 4 is 23.2 Å². The number of amides is 2. The van der Waals surface area contributed by atoms with E-state index in [4.69, 9.17) is 9.47 Å². The molecule has 31 heavy (non-hydrogen) atoms. The van der Waals surface area contributed by atoms with Gasteiger partial charge in [-0.15, -0.1) is 0 Å². The molecule has 2 amide bonds. The first-order valence-electron chi connectivity index (χ1n) is 9.14. The Morgan fingerprint density at radius 1 is 0.742 bits per heavy atom. The lowest BCUT2D eigenvalue weighted by molar-refractivity contribution is -0.386. The van der Waals surface area contributed by atoms with Crippen molar-refractivity contribution in [2.45, 2.75) is 6.42 Å². The van der Waals surface area contributed by atoms with Crippen LogP contribution in [-0.2, 0) is 9.59 Å². The zero-order chi connectivity index (χ0) is 22.6. The van der Waals surface area contributed by atoms with Gasteiger partial charge in [0.2, 0.25) is 0 Å². The van der Waals surface area contributed by atoms with E-state index in [2.05, 4.69) is 10.6 Å². The summed E-state index contributed by atoms with van der Waals surface area (Å²) in [5, 5.41) is 26.9. The summed E-state index contributed by atoms with van der Waals surface area (Å²) in [6.45, 7) is -0.295. The molecule has 0 spiro atoms. The lowest BCUT2D eigenvalue weighted by atomic mass is 10.3. The van der Waals surface area contributed by atoms with Gasteiger partial charge in [0.05, 0.1) is 9.85 Å². The number of nitro benzene ring substituents is 2. The Kier molecular flexibility index (Phi) is 8.71. The summed E-state index contributed by atoms with van der Waals surface area (Å²) in [5.41, 5.74) is -0.470. The number of rotatable bonds is 12. The molecule has 12 nitrogen and oxygen atoms in total. The van der Waals surface area contributed by atoms with Crippen molar-refractivity contribution in [3.8, 4) is 11.5 Å². The van der Waals surface area contributed by atoms with Crippen LogP contribution in [0.15, 0.2) is 48.5 Å². The highest BCUT2D eigenvalue weighted by molar-refractivity contribution is 5.78. The second-order valence-corrected chi connectivity index (χ2v) is 6.08. The molecule has 2 N–H and O–H groups in total. The summed E-state index contributed by atoms with van der Waals surface area (Å²) in [7, 11) is 0. The Balaban J connectivity index is 1.62. The van der Waals surface area contributed by atoms with Gasteiger partial charge in [-0.05, 0) is 18.6 Å². The first-order chi connectivity index (χ1) is 14.9. The summed E-state index contributed by atoms with van der Waals surface area (Å²) in [6.07, 6.45) is 0.411. The predicted octanol–water partition coefficient (Wildman–Crippen LogP) is 1.58. The maximum Gasteiger partial charge on any atom is 0.310 e. The fourth-order valence-electron chi connectivity index (χ4n) is 2.39. The quantitative estimate of drug-likeness (QED) is 0.290. The van der Waals surface area contributed by atoms with Gasteiger partial charge in [-0.25, -0.2) is 0 Å². The monoisotopic (exact) mass is 432 g/mol. The lowest BCUT2D eigenvalue weighted by Crippen LogP contribution is -2.34. The van der Waals surface area contributed by atoms with Gasteiger partial charge in [0.15, 0.2) is 24.7 Å². The van der Waals surface area contributed by atoms with Crippen LogP contribution in [0.2, 0.25) is 0 Å². The lowest BCUT2D eigenvalue weighted by Gasteiger charge is -2.09. The van der Waals surface area contributed by atoms with Crippen LogP contribution in [0.5, 0.6) is 11.5 Å². The van der Waals surface area contributed by atoms with Crippen LogP contribution in [0.25, 0.3) is 0 Å². The van der Waals surface area contributed by atoms with E-state index in [9.17, 15) is 29.8 Å². The van der Waals surface area contributed by atoms with Crippen LogP contribution < -0.4 is 20.1 Å². The van der Waals surface area contributed by atoms with E-state index in [0.29, 0.717) is 6.42 Å². The van der Waals surface area contributed by atoms with E-state index in [-0.39, 0.29) is 49.2 Å². The van der Waals surface area contributed by atoms with Crippen molar-refractivity contribution in [3.05, 3.63) is 68.8 Å². The summed E-state index contributed by atoms with van der Waals surface area (Å²) in [6, 6.07) is 11.4. The molecule has 0 fully saturated rings. The molecule has 2 aromatic rings. The van der Waals surface area contributed by atoms with Gasteiger partial charge in [-0.2, -0.15) is 0 Å². The maximum absolute atomic E-state index is 11.8. The molecule has 2 rings (SSSR count). The maximum atomic E-state index is 11.8. The Morgan fingerprint density at radius 3 is 1.52 bits per heavy atom. The Hall–Kier alpha value is -4.22. The number of nitrogens with zero attached hydrogens (tertiary/aromatic N) is 2. The van der Waals surface area contributed by atoms with Gasteiger partial charge >= 0.3 is 11.4 Å². The predicted molar refractivity (Wildman–Crippen MR) is 108 cm³/mol. The van der Waals surface area contributed by atoms with E-state index >= 15 is 0 Å². The van der Waals surface area contributed by atoms with Gasteiger partial charge in [0.1, 0.15) is 0 Å². The molecule has 0 unspecified atom stereocenters. The molecule has 164 valence electrons. The second-order valence-electron chi connectivity index (χ2n) is 6.08. The third-order valence-electron chi connectivity index (χ3n) is 3.84. The van der Waals surface area contributed by atoms with Crippen molar-refractivity contribution in [2.75, 3.05) is 26.3 Å². The SMILES string of the molecule is O=C(COc1ccccc1[N+](=O)[O-])NCCCNC(=O)COc1ccccc1[N+](=O)[O-]. The van der Waals surface area contributed by atoms with E-state index in [1.54, 1.807) is 12.1 Å². The minimum atomic E-state index is -0.602. The molecule has 0 saturated heterocycles. The molecule has 0 heterocycles. The van der Waals surface area contributed by atoms with E-state index < -0.39 is 21.7 Å². The third kappa shape index (κ3) is 7.61. The zero-order valence-electron chi connectivity index (χ0n) is 16.3. The minimum absolute atomic E-state index is 0.00596. The van der Waals surface area contributed by atoms with E-state index in [1.807, 2.05) is 0 Å². The van der Waals surface area contributed by atoms with Crippen molar-refractivity contribution in [2.24, 2.45) is 0 Å².